The SMILES string of the molecule is Cc1c(C)c(C(C)C)c(C)c(C)c1P. The maximum atomic E-state index is 2.87. The van der Waals surface area contributed by atoms with Gasteiger partial charge in [0.2, 0.25) is 0 Å². The maximum absolute atomic E-state index is 2.87. The highest BCUT2D eigenvalue weighted by molar-refractivity contribution is 7.27. The Morgan fingerprint density at radius 2 is 1.14 bits per heavy atom. The van der Waals surface area contributed by atoms with Crippen LogP contribution in [0.3, 0.4) is 0 Å². The van der Waals surface area contributed by atoms with Gasteiger partial charge in [-0.15, -0.1) is 9.24 Å². The molecule has 0 saturated heterocycles. The molecular formula is C13H21P. The molecule has 14 heavy (non-hydrogen) atoms. The van der Waals surface area contributed by atoms with Crippen molar-refractivity contribution in [3.8, 4) is 0 Å². The molecule has 0 radical (unpaired) electrons. The van der Waals surface area contributed by atoms with Gasteiger partial charge in [-0.05, 0) is 66.7 Å². The molecule has 0 fully saturated rings. The molecule has 1 rings (SSSR count). The zero-order valence-corrected chi connectivity index (χ0v) is 11.3. The Bertz CT molecular complexity index is 333. The van der Waals surface area contributed by atoms with E-state index in [-0.39, 0.29) is 0 Å². The monoisotopic (exact) mass is 208 g/mol. The summed E-state index contributed by atoms with van der Waals surface area (Å²) >= 11 is 0. The van der Waals surface area contributed by atoms with Crippen LogP contribution in [0.2, 0.25) is 0 Å². The van der Waals surface area contributed by atoms with E-state index in [0.717, 1.165) is 0 Å². The standard InChI is InChI=1S/C13H21P/c1-7(2)12-8(3)10(5)13(14)11(6)9(12)4/h7H,14H2,1-6H3. The van der Waals surface area contributed by atoms with Crippen LogP contribution in [-0.2, 0) is 0 Å². The highest BCUT2D eigenvalue weighted by Crippen LogP contribution is 2.27. The van der Waals surface area contributed by atoms with E-state index in [1.165, 1.54) is 33.1 Å². The van der Waals surface area contributed by atoms with Crippen LogP contribution < -0.4 is 5.30 Å². The van der Waals surface area contributed by atoms with Crippen LogP contribution in [0.4, 0.5) is 0 Å². The molecule has 1 heteroatoms. The molecule has 1 aromatic rings. The van der Waals surface area contributed by atoms with Crippen molar-refractivity contribution in [1.29, 1.82) is 0 Å². The van der Waals surface area contributed by atoms with Crippen molar-refractivity contribution in [3.63, 3.8) is 0 Å². The van der Waals surface area contributed by atoms with Crippen LogP contribution in [0.5, 0.6) is 0 Å². The van der Waals surface area contributed by atoms with E-state index in [2.05, 4.69) is 50.8 Å². The average Bonchev–Trinajstić information content (AvgIpc) is 2.11. The molecule has 0 spiro atoms. The Morgan fingerprint density at radius 3 is 1.43 bits per heavy atom. The number of hydrogen-bond acceptors (Lipinski definition) is 0. The van der Waals surface area contributed by atoms with Crippen molar-refractivity contribution < 1.29 is 0 Å². The summed E-state index contributed by atoms with van der Waals surface area (Å²) in [6, 6.07) is 0. The number of benzene rings is 1. The largest absolute Gasteiger partial charge is 0.105 e. The Balaban J connectivity index is 3.60. The minimum Gasteiger partial charge on any atom is -0.105 e. The van der Waals surface area contributed by atoms with E-state index in [4.69, 9.17) is 0 Å². The van der Waals surface area contributed by atoms with Gasteiger partial charge in [-0.1, -0.05) is 13.8 Å². The molecular weight excluding hydrogens is 187 g/mol. The first-order valence-corrected chi connectivity index (χ1v) is 5.81. The van der Waals surface area contributed by atoms with E-state index in [9.17, 15) is 0 Å². The van der Waals surface area contributed by atoms with E-state index in [0.29, 0.717) is 5.92 Å². The van der Waals surface area contributed by atoms with Gasteiger partial charge in [-0.25, -0.2) is 0 Å². The normalized spacial score (nSPS) is 11.1. The molecule has 0 saturated carbocycles. The lowest BCUT2D eigenvalue weighted by Crippen LogP contribution is -2.12. The first kappa shape index (κ1) is 11.7. The third-order valence-electron chi connectivity index (χ3n) is 3.32. The molecule has 78 valence electrons. The molecule has 1 aromatic carbocycles. The highest BCUT2D eigenvalue weighted by Gasteiger charge is 2.13. The van der Waals surface area contributed by atoms with Crippen LogP contribution in [-0.4, -0.2) is 0 Å². The number of rotatable bonds is 1. The van der Waals surface area contributed by atoms with Gasteiger partial charge in [0.1, 0.15) is 0 Å². The van der Waals surface area contributed by atoms with E-state index >= 15 is 0 Å². The third kappa shape index (κ3) is 1.73. The van der Waals surface area contributed by atoms with Crippen LogP contribution >= 0.6 is 9.24 Å². The second kappa shape index (κ2) is 4.03. The van der Waals surface area contributed by atoms with Gasteiger partial charge in [0.15, 0.2) is 0 Å². The van der Waals surface area contributed by atoms with Crippen LogP contribution in [0, 0.1) is 27.7 Å². The van der Waals surface area contributed by atoms with Gasteiger partial charge in [0.05, 0.1) is 0 Å². The second-order valence-corrected chi connectivity index (χ2v) is 5.06. The Morgan fingerprint density at radius 1 is 0.786 bits per heavy atom. The van der Waals surface area contributed by atoms with Gasteiger partial charge in [0.25, 0.3) is 0 Å². The van der Waals surface area contributed by atoms with Crippen LogP contribution in [0.1, 0.15) is 47.6 Å². The van der Waals surface area contributed by atoms with E-state index < -0.39 is 0 Å². The lowest BCUT2D eigenvalue weighted by Gasteiger charge is -2.20. The average molecular weight is 208 g/mol. The topological polar surface area (TPSA) is 0 Å². The molecule has 0 aliphatic heterocycles. The van der Waals surface area contributed by atoms with Crippen molar-refractivity contribution in [1.82, 2.24) is 0 Å². The molecule has 0 heterocycles. The lowest BCUT2D eigenvalue weighted by atomic mass is 9.88. The van der Waals surface area contributed by atoms with Crippen molar-refractivity contribution in [2.75, 3.05) is 0 Å². The fourth-order valence-corrected chi connectivity index (χ4v) is 2.67. The highest BCUT2D eigenvalue weighted by atomic mass is 31.0. The summed E-state index contributed by atoms with van der Waals surface area (Å²) in [7, 11) is 2.87. The Hall–Kier alpha value is -0.350. The van der Waals surface area contributed by atoms with E-state index in [1.54, 1.807) is 0 Å². The minimum atomic E-state index is 0.623. The van der Waals surface area contributed by atoms with Crippen molar-refractivity contribution in [2.45, 2.75) is 47.5 Å². The predicted octanol–water partition coefficient (Wildman–Crippen LogP) is 3.54. The second-order valence-electron chi connectivity index (χ2n) is 4.48. The van der Waals surface area contributed by atoms with E-state index in [1.807, 2.05) is 0 Å². The fraction of sp³-hybridized carbons (Fsp3) is 0.538. The van der Waals surface area contributed by atoms with Crippen molar-refractivity contribution in [2.24, 2.45) is 0 Å². The third-order valence-corrected chi connectivity index (χ3v) is 4.18. The first-order valence-electron chi connectivity index (χ1n) is 5.23. The van der Waals surface area contributed by atoms with Gasteiger partial charge in [0, 0.05) is 0 Å². The fourth-order valence-electron chi connectivity index (χ4n) is 2.24. The molecule has 0 nitrogen and oxygen atoms in total. The molecule has 0 amide bonds. The Labute approximate surface area is 90.3 Å². The van der Waals surface area contributed by atoms with Crippen LogP contribution in [0.15, 0.2) is 0 Å². The summed E-state index contributed by atoms with van der Waals surface area (Å²) in [5, 5.41) is 1.38. The van der Waals surface area contributed by atoms with Gasteiger partial charge in [-0.2, -0.15) is 0 Å². The molecule has 0 aliphatic carbocycles. The molecule has 0 aliphatic rings. The summed E-state index contributed by atoms with van der Waals surface area (Å²) < 4.78 is 0. The summed E-state index contributed by atoms with van der Waals surface area (Å²) in [6.07, 6.45) is 0. The summed E-state index contributed by atoms with van der Waals surface area (Å²) in [4.78, 5) is 0. The van der Waals surface area contributed by atoms with Gasteiger partial charge >= 0.3 is 0 Å². The summed E-state index contributed by atoms with van der Waals surface area (Å²) in [5.41, 5.74) is 7.33. The lowest BCUT2D eigenvalue weighted by molar-refractivity contribution is 0.841. The molecule has 1 unspecified atom stereocenters. The minimum absolute atomic E-state index is 0.623. The zero-order valence-electron chi connectivity index (χ0n) is 10.2. The maximum Gasteiger partial charge on any atom is -0.0213 e. The molecule has 0 bridgehead atoms. The quantitative estimate of drug-likeness (QED) is 0.619. The summed E-state index contributed by atoms with van der Waals surface area (Å²) in [6.45, 7) is 13.5. The number of hydrogen-bond donors (Lipinski definition) is 0. The molecule has 0 aromatic heterocycles. The Kier molecular flexibility index (Phi) is 3.37. The molecule has 0 N–H and O–H groups in total. The van der Waals surface area contributed by atoms with Crippen molar-refractivity contribution >= 4 is 14.5 Å². The summed E-state index contributed by atoms with van der Waals surface area (Å²) in [5.74, 6) is 0.623. The molecule has 1 atom stereocenters. The zero-order chi connectivity index (χ0) is 11.0. The smallest absolute Gasteiger partial charge is 0.0213 e. The van der Waals surface area contributed by atoms with Gasteiger partial charge < -0.3 is 0 Å². The van der Waals surface area contributed by atoms with Gasteiger partial charge in [-0.3, -0.25) is 0 Å². The van der Waals surface area contributed by atoms with Crippen LogP contribution in [0.25, 0.3) is 0 Å². The first-order chi connectivity index (χ1) is 6.37. The predicted molar refractivity (Wildman–Crippen MR) is 68.8 cm³/mol. The van der Waals surface area contributed by atoms with Crippen molar-refractivity contribution in [3.05, 3.63) is 27.8 Å².